The third-order valence-electron chi connectivity index (χ3n) is 1.12. The van der Waals surface area contributed by atoms with E-state index >= 15 is 0 Å². The molecule has 6 heteroatoms. The molecule has 0 aromatic rings. The number of rotatable bonds is 5. The zero-order valence-electron chi connectivity index (χ0n) is 7.69. The van der Waals surface area contributed by atoms with E-state index in [2.05, 4.69) is 11.1 Å². The number of nitrogens with two attached hydrogens (primary N) is 1. The van der Waals surface area contributed by atoms with Gasteiger partial charge in [0.05, 0.1) is 6.16 Å². The van der Waals surface area contributed by atoms with Crippen LogP contribution in [0.3, 0.4) is 0 Å². The second kappa shape index (κ2) is 4.44. The van der Waals surface area contributed by atoms with E-state index < -0.39 is 19.3 Å². The van der Waals surface area contributed by atoms with Crippen LogP contribution in [0.2, 0.25) is 0 Å². The van der Waals surface area contributed by atoms with Gasteiger partial charge in [0.1, 0.15) is 0 Å². The normalized spacial score (nSPS) is 15.1. The Kier molecular flexibility index (Phi) is 4.17. The Morgan fingerprint density at radius 3 is 2.46 bits per heavy atom. The SMILES string of the molecule is C=C(OP(=O)(O)CC(C)C)C(N)=O. The quantitative estimate of drug-likeness (QED) is 0.397. The third kappa shape index (κ3) is 5.44. The second-order valence-electron chi connectivity index (χ2n) is 3.09. The maximum atomic E-state index is 11.2. The average Bonchev–Trinajstić information content (AvgIpc) is 1.81. The van der Waals surface area contributed by atoms with Gasteiger partial charge in [0.25, 0.3) is 5.91 Å². The molecule has 76 valence electrons. The molecule has 3 N–H and O–H groups in total. The van der Waals surface area contributed by atoms with Gasteiger partial charge in [0.15, 0.2) is 5.76 Å². The molecule has 13 heavy (non-hydrogen) atoms. The van der Waals surface area contributed by atoms with E-state index in [4.69, 9.17) is 10.6 Å². The van der Waals surface area contributed by atoms with Crippen molar-refractivity contribution in [2.24, 2.45) is 11.7 Å². The smallest absolute Gasteiger partial charge is 0.377 e. The molecule has 0 heterocycles. The Bertz CT molecular complexity index is 261. The van der Waals surface area contributed by atoms with Crippen LogP contribution in [0.15, 0.2) is 12.3 Å². The highest BCUT2D eigenvalue weighted by atomic mass is 31.2. The maximum Gasteiger partial charge on any atom is 0.377 e. The van der Waals surface area contributed by atoms with E-state index in [1.165, 1.54) is 0 Å². The minimum Gasteiger partial charge on any atom is -0.419 e. The molecule has 1 amide bonds. The summed E-state index contributed by atoms with van der Waals surface area (Å²) in [7, 11) is -3.76. The Balaban J connectivity index is 4.26. The van der Waals surface area contributed by atoms with Crippen molar-refractivity contribution in [3.63, 3.8) is 0 Å². The van der Waals surface area contributed by atoms with Gasteiger partial charge in [-0.25, -0.2) is 4.57 Å². The largest absolute Gasteiger partial charge is 0.419 e. The van der Waals surface area contributed by atoms with E-state index in [1.807, 2.05) is 0 Å². The summed E-state index contributed by atoms with van der Waals surface area (Å²) in [6, 6.07) is 0. The third-order valence-corrected chi connectivity index (χ3v) is 2.82. The molecular weight excluding hydrogens is 193 g/mol. The molecule has 0 aromatic heterocycles. The summed E-state index contributed by atoms with van der Waals surface area (Å²) in [5.41, 5.74) is 4.78. The van der Waals surface area contributed by atoms with Crippen LogP contribution in [-0.2, 0) is 13.9 Å². The maximum absolute atomic E-state index is 11.2. The molecule has 0 aliphatic carbocycles. The first-order valence-corrected chi connectivity index (χ1v) is 5.51. The number of amides is 1. The molecule has 0 fully saturated rings. The van der Waals surface area contributed by atoms with Crippen LogP contribution >= 0.6 is 7.60 Å². The average molecular weight is 207 g/mol. The van der Waals surface area contributed by atoms with Crippen LogP contribution in [0.25, 0.3) is 0 Å². The highest BCUT2D eigenvalue weighted by Crippen LogP contribution is 2.45. The van der Waals surface area contributed by atoms with E-state index in [1.54, 1.807) is 13.8 Å². The number of hydrogen-bond acceptors (Lipinski definition) is 3. The lowest BCUT2D eigenvalue weighted by molar-refractivity contribution is -0.116. The van der Waals surface area contributed by atoms with Crippen molar-refractivity contribution >= 4 is 13.5 Å². The van der Waals surface area contributed by atoms with Crippen LogP contribution < -0.4 is 5.73 Å². The van der Waals surface area contributed by atoms with E-state index in [0.29, 0.717) is 0 Å². The van der Waals surface area contributed by atoms with Crippen LogP contribution in [-0.4, -0.2) is 17.0 Å². The zero-order valence-corrected chi connectivity index (χ0v) is 8.58. The summed E-state index contributed by atoms with van der Waals surface area (Å²) in [5, 5.41) is 0. The molecular formula is C7H14NO4P. The first kappa shape index (κ1) is 12.2. The summed E-state index contributed by atoms with van der Waals surface area (Å²) >= 11 is 0. The number of carbonyl (C=O) groups excluding carboxylic acids is 1. The molecule has 0 saturated heterocycles. The van der Waals surface area contributed by atoms with Gasteiger partial charge in [0.2, 0.25) is 0 Å². The van der Waals surface area contributed by atoms with E-state index in [9.17, 15) is 9.36 Å². The monoisotopic (exact) mass is 207 g/mol. The van der Waals surface area contributed by atoms with Crippen molar-refractivity contribution in [1.29, 1.82) is 0 Å². The summed E-state index contributed by atoms with van der Waals surface area (Å²) in [6.07, 6.45) is -0.0285. The van der Waals surface area contributed by atoms with Gasteiger partial charge < -0.3 is 15.2 Å². The fraction of sp³-hybridized carbons (Fsp3) is 0.571. The second-order valence-corrected chi connectivity index (χ2v) is 4.92. The van der Waals surface area contributed by atoms with E-state index in [0.717, 1.165) is 0 Å². The number of hydrogen-bond donors (Lipinski definition) is 2. The van der Waals surface area contributed by atoms with Gasteiger partial charge >= 0.3 is 7.60 Å². The molecule has 0 spiro atoms. The fourth-order valence-electron chi connectivity index (χ4n) is 0.716. The Morgan fingerprint density at radius 1 is 1.69 bits per heavy atom. The molecule has 5 nitrogen and oxygen atoms in total. The van der Waals surface area contributed by atoms with Gasteiger partial charge in [-0.15, -0.1) is 0 Å². The van der Waals surface area contributed by atoms with Crippen LogP contribution in [0, 0.1) is 5.92 Å². The standard InChI is InChI=1S/C7H14NO4P/c1-5(2)4-13(10,11)12-6(3)7(8)9/h5H,3-4H2,1-2H3,(H2,8,9)(H,10,11). The Labute approximate surface area is 77.1 Å². The van der Waals surface area contributed by atoms with Crippen molar-refractivity contribution < 1.29 is 18.8 Å². The van der Waals surface area contributed by atoms with Gasteiger partial charge in [-0.2, -0.15) is 0 Å². The summed E-state index contributed by atoms with van der Waals surface area (Å²) < 4.78 is 15.7. The fourth-order valence-corrected chi connectivity index (χ4v) is 2.15. The summed E-state index contributed by atoms with van der Waals surface area (Å²) in [5.74, 6) is -1.42. The number of carbonyl (C=O) groups is 1. The molecule has 0 aliphatic heterocycles. The van der Waals surface area contributed by atoms with Gasteiger partial charge in [0, 0.05) is 0 Å². The molecule has 0 aliphatic rings. The van der Waals surface area contributed by atoms with Crippen molar-refractivity contribution in [1.82, 2.24) is 0 Å². The lowest BCUT2D eigenvalue weighted by Gasteiger charge is -2.14. The van der Waals surface area contributed by atoms with Crippen LogP contribution in [0.1, 0.15) is 13.8 Å². The molecule has 1 unspecified atom stereocenters. The Morgan fingerprint density at radius 2 is 2.15 bits per heavy atom. The van der Waals surface area contributed by atoms with Crippen molar-refractivity contribution in [3.8, 4) is 0 Å². The minimum absolute atomic E-state index is 0.00323. The molecule has 0 saturated carbocycles. The van der Waals surface area contributed by atoms with Gasteiger partial charge in [-0.05, 0) is 5.92 Å². The molecule has 0 aromatic carbocycles. The molecule has 0 rings (SSSR count). The Hall–Kier alpha value is -0.800. The van der Waals surface area contributed by atoms with Gasteiger partial charge in [-0.3, -0.25) is 4.79 Å². The summed E-state index contributed by atoms with van der Waals surface area (Å²) in [6.45, 7) is 6.64. The first-order valence-electron chi connectivity index (χ1n) is 3.74. The zero-order chi connectivity index (χ0) is 10.6. The predicted molar refractivity (Wildman–Crippen MR) is 48.9 cm³/mol. The highest BCUT2D eigenvalue weighted by Gasteiger charge is 2.24. The predicted octanol–water partition coefficient (Wildman–Crippen LogP) is 0.843. The topological polar surface area (TPSA) is 89.6 Å². The van der Waals surface area contributed by atoms with E-state index in [-0.39, 0.29) is 12.1 Å². The first-order chi connectivity index (χ1) is 5.74. The lowest BCUT2D eigenvalue weighted by atomic mass is 10.3. The van der Waals surface area contributed by atoms with Crippen molar-refractivity contribution in [3.05, 3.63) is 12.3 Å². The van der Waals surface area contributed by atoms with Crippen LogP contribution in [0.5, 0.6) is 0 Å². The minimum atomic E-state index is -3.76. The van der Waals surface area contributed by atoms with Gasteiger partial charge in [-0.1, -0.05) is 20.4 Å². The number of primary amides is 1. The van der Waals surface area contributed by atoms with Crippen LogP contribution in [0.4, 0.5) is 0 Å². The molecule has 0 bridgehead atoms. The lowest BCUT2D eigenvalue weighted by Crippen LogP contribution is -2.15. The van der Waals surface area contributed by atoms with Crippen molar-refractivity contribution in [2.75, 3.05) is 6.16 Å². The van der Waals surface area contributed by atoms with Crippen molar-refractivity contribution in [2.45, 2.75) is 13.8 Å². The summed E-state index contributed by atoms with van der Waals surface area (Å²) in [4.78, 5) is 19.6. The highest BCUT2D eigenvalue weighted by molar-refractivity contribution is 7.53. The molecule has 0 radical (unpaired) electrons. The molecule has 1 atom stereocenters.